The van der Waals surface area contributed by atoms with E-state index in [1.54, 1.807) is 0 Å². The Bertz CT molecular complexity index is 1080. The van der Waals surface area contributed by atoms with Gasteiger partial charge in [-0.25, -0.2) is 9.10 Å². The lowest BCUT2D eigenvalue weighted by Gasteiger charge is -2.35. The third kappa shape index (κ3) is 3.68. The molecule has 1 saturated heterocycles. The first kappa shape index (κ1) is 21.4. The number of hydrogen-bond acceptors (Lipinski definition) is 7. The first-order chi connectivity index (χ1) is 15.5. The van der Waals surface area contributed by atoms with Gasteiger partial charge in [0, 0.05) is 13.2 Å². The molecule has 0 saturated carbocycles. The number of carbonyl (C=O) groups is 1. The Balaban J connectivity index is 1.44. The van der Waals surface area contributed by atoms with Crippen LogP contribution in [-0.4, -0.2) is 38.9 Å². The van der Waals surface area contributed by atoms with Crippen molar-refractivity contribution in [2.24, 2.45) is 0 Å². The summed E-state index contributed by atoms with van der Waals surface area (Å²) in [6, 6.07) is 0.556. The van der Waals surface area contributed by atoms with E-state index in [0.29, 0.717) is 31.7 Å². The van der Waals surface area contributed by atoms with Crippen LogP contribution < -0.4 is 14.1 Å². The van der Waals surface area contributed by atoms with E-state index >= 15 is 0 Å². The summed E-state index contributed by atoms with van der Waals surface area (Å²) in [7, 11) is -4.64. The zero-order valence-electron chi connectivity index (χ0n) is 17.6. The molecule has 5 rings (SSSR count). The predicted octanol–water partition coefficient (Wildman–Crippen LogP) is 1.50. The fourth-order valence-corrected chi connectivity index (χ4v) is 6.55. The molecule has 2 aliphatic carbocycles. The number of carbonyl (C=O) groups excluding carboxylic acids is 1. The van der Waals surface area contributed by atoms with Gasteiger partial charge in [-0.15, -0.1) is 0 Å². The summed E-state index contributed by atoms with van der Waals surface area (Å²) in [6.45, 7) is 0.731. The molecule has 1 unspecified atom stereocenters. The number of anilines is 2. The van der Waals surface area contributed by atoms with Crippen LogP contribution in [0.15, 0.2) is 23.0 Å². The Hall–Kier alpha value is -2.47. The maximum absolute atomic E-state index is 13.3. The third-order valence-electron chi connectivity index (χ3n) is 6.59. The summed E-state index contributed by atoms with van der Waals surface area (Å²) >= 11 is 0. The summed E-state index contributed by atoms with van der Waals surface area (Å²) in [4.78, 5) is 13.0. The smallest absolute Gasteiger partial charge is 0.436 e. The van der Waals surface area contributed by atoms with Crippen molar-refractivity contribution in [2.45, 2.75) is 57.4 Å². The van der Waals surface area contributed by atoms with Crippen molar-refractivity contribution in [1.82, 2.24) is 5.16 Å². The van der Waals surface area contributed by atoms with Gasteiger partial charge in [0.25, 0.3) is 0 Å². The molecule has 1 fully saturated rings. The largest absolute Gasteiger partial charge is 0.608 e. The lowest BCUT2D eigenvalue weighted by molar-refractivity contribution is -0.604. The normalized spacial score (nSPS) is 19.4. The van der Waals surface area contributed by atoms with Crippen molar-refractivity contribution in [2.75, 3.05) is 22.8 Å². The highest BCUT2D eigenvalue weighted by Gasteiger charge is 2.40. The molecule has 2 amide bonds. The minimum atomic E-state index is -4.64. The first-order valence-electron chi connectivity index (χ1n) is 11.0. The van der Waals surface area contributed by atoms with Gasteiger partial charge in [0.15, 0.2) is 0 Å². The summed E-state index contributed by atoms with van der Waals surface area (Å²) in [6.07, 6.45) is 8.66. The van der Waals surface area contributed by atoms with Crippen LogP contribution in [0.3, 0.4) is 0 Å². The van der Waals surface area contributed by atoms with Gasteiger partial charge in [-0.3, -0.25) is 5.32 Å². The lowest BCUT2D eigenvalue weighted by Crippen LogP contribution is -3.14. The van der Waals surface area contributed by atoms with E-state index in [2.05, 4.69) is 16.5 Å². The summed E-state index contributed by atoms with van der Waals surface area (Å²) in [5.74, 6) is 0. The Morgan fingerprint density at radius 2 is 1.78 bits per heavy atom. The molecule has 11 heteroatoms. The highest BCUT2D eigenvalue weighted by atomic mass is 32.2. The molecule has 1 aromatic carbocycles. The van der Waals surface area contributed by atoms with Gasteiger partial charge in [0.2, 0.25) is 0 Å². The maximum Gasteiger partial charge on any atom is 0.436 e. The second kappa shape index (κ2) is 8.47. The minimum absolute atomic E-state index is 0.125. The van der Waals surface area contributed by atoms with Gasteiger partial charge < -0.3 is 14.5 Å². The molecule has 1 aromatic heterocycles. The SMILES string of the molecule is O=C(Nc1c2c(cc3c1CCC3)CCC2)[NH+]([O-])S(=O)(=O)N(c1cnoc1)C1CCOCC1. The van der Waals surface area contributed by atoms with Crippen molar-refractivity contribution in [3.8, 4) is 0 Å². The second-order valence-corrected chi connectivity index (χ2v) is 10.2. The number of benzene rings is 1. The van der Waals surface area contributed by atoms with E-state index in [1.165, 1.54) is 17.3 Å². The van der Waals surface area contributed by atoms with E-state index in [1.807, 2.05) is 0 Å². The number of rotatable bonds is 5. The van der Waals surface area contributed by atoms with Crippen molar-refractivity contribution in [3.63, 3.8) is 0 Å². The van der Waals surface area contributed by atoms with E-state index in [9.17, 15) is 18.4 Å². The average Bonchev–Trinajstić information content (AvgIpc) is 3.55. The predicted molar refractivity (Wildman–Crippen MR) is 116 cm³/mol. The van der Waals surface area contributed by atoms with E-state index in [4.69, 9.17) is 9.26 Å². The van der Waals surface area contributed by atoms with Crippen molar-refractivity contribution in [3.05, 3.63) is 46.0 Å². The fourth-order valence-electron chi connectivity index (χ4n) is 5.11. The molecule has 10 nitrogen and oxygen atoms in total. The van der Waals surface area contributed by atoms with Gasteiger partial charge in [-0.1, -0.05) is 11.2 Å². The summed E-state index contributed by atoms with van der Waals surface area (Å²) in [5.41, 5.74) is 5.20. The third-order valence-corrected chi connectivity index (χ3v) is 8.27. The van der Waals surface area contributed by atoms with Crippen LogP contribution in [0, 0.1) is 5.21 Å². The molecule has 1 atom stereocenters. The number of hydrogen-bond donors (Lipinski definition) is 2. The standard InChI is InChI=1S/C21H26N4O6S/c26-21(23-20-18-5-1-3-14(18)11-15-4-2-6-19(15)20)25(27)32(28,29)24(17-12-22-31-13-17)16-7-9-30-10-8-16/h11-13,16,25H,1-10H2,(H,23,26). The summed E-state index contributed by atoms with van der Waals surface area (Å²) < 4.78 is 36.3. The van der Waals surface area contributed by atoms with Crippen molar-refractivity contribution in [1.29, 1.82) is 0 Å². The van der Waals surface area contributed by atoms with Gasteiger partial charge >= 0.3 is 16.2 Å². The molecule has 32 heavy (non-hydrogen) atoms. The molecule has 3 aliphatic rings. The van der Waals surface area contributed by atoms with Gasteiger partial charge in [0.1, 0.15) is 12.0 Å². The molecule has 2 aromatic rings. The number of ether oxygens (including phenoxy) is 1. The quantitative estimate of drug-likeness (QED) is 0.644. The Morgan fingerprint density at radius 3 is 2.38 bits per heavy atom. The number of aryl methyl sites for hydroxylation is 2. The molecule has 0 spiro atoms. The number of fused-ring (bicyclic) bond motifs is 2. The number of nitrogens with zero attached hydrogens (tertiary/aromatic N) is 2. The van der Waals surface area contributed by atoms with Crippen LogP contribution in [0.25, 0.3) is 0 Å². The second-order valence-electron chi connectivity index (χ2n) is 8.50. The number of aromatic nitrogens is 1. The highest BCUT2D eigenvalue weighted by Crippen LogP contribution is 2.38. The molecule has 0 radical (unpaired) electrons. The number of amides is 2. The van der Waals surface area contributed by atoms with E-state index in [-0.39, 0.29) is 5.69 Å². The van der Waals surface area contributed by atoms with Crippen LogP contribution in [0.1, 0.15) is 47.9 Å². The van der Waals surface area contributed by atoms with Crippen LogP contribution in [-0.2, 0) is 40.6 Å². The number of quaternary nitrogens is 1. The van der Waals surface area contributed by atoms with Crippen molar-refractivity contribution >= 4 is 27.6 Å². The zero-order valence-corrected chi connectivity index (χ0v) is 18.4. The Kier molecular flexibility index (Phi) is 5.66. The first-order valence-corrected chi connectivity index (χ1v) is 12.4. The Morgan fingerprint density at radius 1 is 1.12 bits per heavy atom. The van der Waals surface area contributed by atoms with Crippen LogP contribution in [0.5, 0.6) is 0 Å². The molecule has 1 aliphatic heterocycles. The average molecular weight is 463 g/mol. The topological polar surface area (TPSA) is 129 Å². The van der Waals surface area contributed by atoms with Gasteiger partial charge in [-0.05, 0) is 73.6 Å². The highest BCUT2D eigenvalue weighted by molar-refractivity contribution is 7.86. The molecular weight excluding hydrogens is 436 g/mol. The molecule has 2 heterocycles. The van der Waals surface area contributed by atoms with Gasteiger partial charge in [-0.2, -0.15) is 12.9 Å². The number of urea groups is 1. The fraction of sp³-hybridized carbons (Fsp3) is 0.524. The van der Waals surface area contributed by atoms with Gasteiger partial charge in [0.05, 0.1) is 17.9 Å². The molecular formula is C21H26N4O6S. The Labute approximate surface area is 186 Å². The maximum atomic E-state index is 13.3. The molecule has 0 bridgehead atoms. The van der Waals surface area contributed by atoms with Crippen LogP contribution in [0.4, 0.5) is 16.2 Å². The van der Waals surface area contributed by atoms with E-state index < -0.39 is 26.8 Å². The monoisotopic (exact) mass is 462 g/mol. The molecule has 2 N–H and O–H groups in total. The number of hydroxylamine groups is 1. The number of nitrogens with one attached hydrogen (secondary N) is 2. The molecule has 172 valence electrons. The lowest BCUT2D eigenvalue weighted by atomic mass is 9.99. The van der Waals surface area contributed by atoms with Crippen molar-refractivity contribution < 1.29 is 26.9 Å². The zero-order chi connectivity index (χ0) is 22.3. The minimum Gasteiger partial charge on any atom is -0.608 e. The summed E-state index contributed by atoms with van der Waals surface area (Å²) in [5, 5.41) is 19.3. The van der Waals surface area contributed by atoms with Crippen LogP contribution in [0.2, 0.25) is 0 Å². The van der Waals surface area contributed by atoms with Crippen LogP contribution >= 0.6 is 0 Å². The van der Waals surface area contributed by atoms with E-state index in [0.717, 1.165) is 60.2 Å².